The van der Waals surface area contributed by atoms with Gasteiger partial charge < -0.3 is 5.32 Å². The summed E-state index contributed by atoms with van der Waals surface area (Å²) in [6.07, 6.45) is 1.12. The van der Waals surface area contributed by atoms with Crippen LogP contribution in [0.4, 0.5) is 20.3 Å². The Hall–Kier alpha value is -2.22. The highest BCUT2D eigenvalue weighted by atomic mass is 32.2. The number of nitrogens with one attached hydrogen (secondary N) is 2. The molecule has 0 radical (unpaired) electrons. The summed E-state index contributed by atoms with van der Waals surface area (Å²) in [7, 11) is -2.39. The van der Waals surface area contributed by atoms with Crippen LogP contribution in [0.15, 0.2) is 41.4 Å². The molecular formula is C12H11F2N3O2S. The van der Waals surface area contributed by atoms with Gasteiger partial charge in [0.2, 0.25) is 0 Å². The molecule has 0 atom stereocenters. The Labute approximate surface area is 114 Å². The lowest BCUT2D eigenvalue weighted by atomic mass is 10.3. The first-order valence-corrected chi connectivity index (χ1v) is 7.02. The van der Waals surface area contributed by atoms with E-state index in [0.717, 1.165) is 24.4 Å². The third kappa shape index (κ3) is 3.02. The fourth-order valence-electron chi connectivity index (χ4n) is 1.47. The van der Waals surface area contributed by atoms with Crippen LogP contribution < -0.4 is 10.0 Å². The molecule has 0 fully saturated rings. The van der Waals surface area contributed by atoms with Gasteiger partial charge in [0.25, 0.3) is 10.0 Å². The summed E-state index contributed by atoms with van der Waals surface area (Å²) in [5.41, 5.74) is -0.456. The molecule has 0 aliphatic heterocycles. The van der Waals surface area contributed by atoms with Crippen molar-refractivity contribution in [2.75, 3.05) is 17.1 Å². The maximum atomic E-state index is 13.4. The van der Waals surface area contributed by atoms with E-state index in [1.165, 1.54) is 12.1 Å². The maximum Gasteiger partial charge on any atom is 0.263 e. The number of pyridine rings is 1. The Morgan fingerprint density at radius 1 is 1.15 bits per heavy atom. The van der Waals surface area contributed by atoms with Crippen LogP contribution in [0.1, 0.15) is 0 Å². The first kappa shape index (κ1) is 14.2. The predicted molar refractivity (Wildman–Crippen MR) is 71.0 cm³/mol. The van der Waals surface area contributed by atoms with E-state index in [1.54, 1.807) is 7.05 Å². The third-order valence-electron chi connectivity index (χ3n) is 2.48. The minimum absolute atomic E-state index is 0.153. The summed E-state index contributed by atoms with van der Waals surface area (Å²) in [6, 6.07) is 5.27. The Bertz CT molecular complexity index is 718. The van der Waals surface area contributed by atoms with Gasteiger partial charge >= 0.3 is 0 Å². The Balaban J connectivity index is 2.32. The van der Waals surface area contributed by atoms with Crippen LogP contribution in [0.25, 0.3) is 0 Å². The van der Waals surface area contributed by atoms with Gasteiger partial charge in [-0.15, -0.1) is 0 Å². The van der Waals surface area contributed by atoms with E-state index in [-0.39, 0.29) is 4.90 Å². The van der Waals surface area contributed by atoms with Crippen LogP contribution in [-0.2, 0) is 10.0 Å². The van der Waals surface area contributed by atoms with Gasteiger partial charge in [-0.2, -0.15) is 0 Å². The summed E-state index contributed by atoms with van der Waals surface area (Å²) in [6.45, 7) is 0. The molecule has 0 saturated carbocycles. The molecule has 1 aromatic carbocycles. The molecule has 2 N–H and O–H groups in total. The van der Waals surface area contributed by atoms with E-state index in [1.807, 2.05) is 4.72 Å². The van der Waals surface area contributed by atoms with E-state index in [9.17, 15) is 17.2 Å². The molecule has 0 spiro atoms. The second kappa shape index (κ2) is 5.41. The Morgan fingerprint density at radius 3 is 2.50 bits per heavy atom. The quantitative estimate of drug-likeness (QED) is 0.908. The van der Waals surface area contributed by atoms with Crippen molar-refractivity contribution in [1.29, 1.82) is 0 Å². The largest absolute Gasteiger partial charge is 0.373 e. The van der Waals surface area contributed by atoms with Crippen LogP contribution in [-0.4, -0.2) is 20.4 Å². The monoisotopic (exact) mass is 299 g/mol. The fourth-order valence-corrected chi connectivity index (χ4v) is 2.47. The van der Waals surface area contributed by atoms with Gasteiger partial charge in [-0.1, -0.05) is 0 Å². The van der Waals surface area contributed by atoms with Crippen LogP contribution >= 0.6 is 0 Å². The van der Waals surface area contributed by atoms with Gasteiger partial charge in [0, 0.05) is 19.3 Å². The van der Waals surface area contributed by atoms with Crippen molar-refractivity contribution in [3.63, 3.8) is 0 Å². The number of aromatic nitrogens is 1. The van der Waals surface area contributed by atoms with Crippen molar-refractivity contribution in [1.82, 2.24) is 4.98 Å². The molecule has 1 aromatic heterocycles. The van der Waals surface area contributed by atoms with Gasteiger partial charge in [-0.3, -0.25) is 4.72 Å². The zero-order valence-electron chi connectivity index (χ0n) is 10.4. The molecule has 8 heteroatoms. The molecule has 106 valence electrons. The topological polar surface area (TPSA) is 71.1 Å². The Kier molecular flexibility index (Phi) is 3.84. The predicted octanol–water partition coefficient (Wildman–Crippen LogP) is 2.20. The molecule has 2 rings (SSSR count). The molecule has 0 bridgehead atoms. The lowest BCUT2D eigenvalue weighted by Crippen LogP contribution is -2.14. The number of benzene rings is 1. The van der Waals surface area contributed by atoms with Gasteiger partial charge in [-0.05, 0) is 24.3 Å². The van der Waals surface area contributed by atoms with Crippen molar-refractivity contribution in [2.24, 2.45) is 0 Å². The standard InChI is InChI=1S/C12H11F2N3O2S/c1-15-12-5-3-9(7-16-12)20(18,19)17-11-6-8(13)2-4-10(11)14/h2-7,17H,1H3,(H,15,16). The Morgan fingerprint density at radius 2 is 1.90 bits per heavy atom. The second-order valence-corrected chi connectivity index (χ2v) is 5.54. The second-order valence-electron chi connectivity index (χ2n) is 3.86. The molecule has 0 aliphatic rings. The number of hydrogen-bond acceptors (Lipinski definition) is 4. The summed E-state index contributed by atoms with van der Waals surface area (Å²) >= 11 is 0. The zero-order valence-corrected chi connectivity index (χ0v) is 11.2. The van der Waals surface area contributed by atoms with E-state index in [4.69, 9.17) is 0 Å². The van der Waals surface area contributed by atoms with Crippen molar-refractivity contribution < 1.29 is 17.2 Å². The number of hydrogen-bond donors (Lipinski definition) is 2. The van der Waals surface area contributed by atoms with Crippen LogP contribution in [0, 0.1) is 11.6 Å². The van der Waals surface area contributed by atoms with Crippen LogP contribution in [0.3, 0.4) is 0 Å². The number of halogens is 2. The van der Waals surface area contributed by atoms with Crippen molar-refractivity contribution >= 4 is 21.5 Å². The summed E-state index contributed by atoms with van der Waals surface area (Å²) in [5.74, 6) is -1.12. The van der Waals surface area contributed by atoms with Crippen LogP contribution in [0.5, 0.6) is 0 Å². The highest BCUT2D eigenvalue weighted by molar-refractivity contribution is 7.92. The molecule has 1 heterocycles. The molecule has 0 saturated heterocycles. The van der Waals surface area contributed by atoms with Gasteiger partial charge in [0.05, 0.1) is 5.69 Å². The summed E-state index contributed by atoms with van der Waals surface area (Å²) < 4.78 is 52.4. The van der Waals surface area contributed by atoms with E-state index in [2.05, 4.69) is 10.3 Å². The zero-order chi connectivity index (χ0) is 14.8. The highest BCUT2D eigenvalue weighted by Crippen LogP contribution is 2.20. The minimum Gasteiger partial charge on any atom is -0.373 e. The fraction of sp³-hybridized carbons (Fsp3) is 0.0833. The summed E-state index contributed by atoms with van der Waals surface area (Å²) in [5, 5.41) is 2.74. The average Bonchev–Trinajstić information content (AvgIpc) is 2.43. The molecule has 2 aromatic rings. The lowest BCUT2D eigenvalue weighted by molar-refractivity contribution is 0.594. The number of nitrogens with zero attached hydrogens (tertiary/aromatic N) is 1. The normalized spacial score (nSPS) is 11.2. The van der Waals surface area contributed by atoms with Gasteiger partial charge in [-0.25, -0.2) is 22.2 Å². The number of anilines is 2. The first-order valence-electron chi connectivity index (χ1n) is 5.54. The molecule has 0 amide bonds. The van der Waals surface area contributed by atoms with Crippen molar-refractivity contribution in [3.8, 4) is 0 Å². The number of sulfonamides is 1. The van der Waals surface area contributed by atoms with Crippen molar-refractivity contribution in [3.05, 3.63) is 48.2 Å². The lowest BCUT2D eigenvalue weighted by Gasteiger charge is -2.09. The van der Waals surface area contributed by atoms with Crippen molar-refractivity contribution in [2.45, 2.75) is 4.90 Å². The average molecular weight is 299 g/mol. The van der Waals surface area contributed by atoms with Gasteiger partial charge in [0.1, 0.15) is 22.3 Å². The van der Waals surface area contributed by atoms with Crippen LogP contribution in [0.2, 0.25) is 0 Å². The SMILES string of the molecule is CNc1ccc(S(=O)(=O)Nc2cc(F)ccc2F)cn1. The van der Waals surface area contributed by atoms with Gasteiger partial charge in [0.15, 0.2) is 0 Å². The maximum absolute atomic E-state index is 13.4. The molecular weight excluding hydrogens is 288 g/mol. The summed E-state index contributed by atoms with van der Waals surface area (Å²) in [4.78, 5) is 3.69. The third-order valence-corrected chi connectivity index (χ3v) is 3.83. The van der Waals surface area contributed by atoms with E-state index in [0.29, 0.717) is 5.82 Å². The van der Waals surface area contributed by atoms with E-state index < -0.39 is 27.3 Å². The smallest absolute Gasteiger partial charge is 0.263 e. The molecule has 0 aliphatic carbocycles. The molecule has 5 nitrogen and oxygen atoms in total. The highest BCUT2D eigenvalue weighted by Gasteiger charge is 2.17. The van der Waals surface area contributed by atoms with E-state index >= 15 is 0 Å². The minimum atomic E-state index is -4.02. The molecule has 20 heavy (non-hydrogen) atoms. The molecule has 0 unspecified atom stereocenters. The first-order chi connectivity index (χ1) is 9.42. The number of rotatable bonds is 4.